The number of nitrogens with zero attached hydrogens (tertiary/aromatic N) is 1. The Bertz CT molecular complexity index is 194. The highest BCUT2D eigenvalue weighted by molar-refractivity contribution is 5.82. The van der Waals surface area contributed by atoms with Gasteiger partial charge < -0.3 is 4.90 Å². The Morgan fingerprint density at radius 3 is 1.87 bits per heavy atom. The number of carbonyl (C=O) groups is 1. The van der Waals surface area contributed by atoms with Crippen LogP contribution in [0.4, 0.5) is 0 Å². The molecule has 0 aromatic heterocycles. The third-order valence-corrected chi connectivity index (χ3v) is 4.13. The third kappa shape index (κ3) is 2.53. The maximum atomic E-state index is 12.4. The largest absolute Gasteiger partial charge is 0.342 e. The van der Waals surface area contributed by atoms with E-state index in [9.17, 15) is 4.79 Å². The van der Waals surface area contributed by atoms with Gasteiger partial charge in [-0.25, -0.2) is 0 Å². The minimum absolute atomic E-state index is 0.0721. The van der Waals surface area contributed by atoms with Gasteiger partial charge in [-0.15, -0.1) is 0 Å². The summed E-state index contributed by atoms with van der Waals surface area (Å²) in [5, 5.41) is 0. The SMILES string of the molecule is CCC(CC)(CC)C(=O)N1CCCCC1. The zero-order chi connectivity index (χ0) is 11.3. The van der Waals surface area contributed by atoms with Gasteiger partial charge in [-0.3, -0.25) is 4.79 Å². The molecule has 1 amide bonds. The Morgan fingerprint density at radius 1 is 1.00 bits per heavy atom. The minimum atomic E-state index is -0.0721. The fourth-order valence-electron chi connectivity index (χ4n) is 2.64. The number of carbonyl (C=O) groups excluding carboxylic acids is 1. The van der Waals surface area contributed by atoms with Gasteiger partial charge in [0, 0.05) is 18.5 Å². The van der Waals surface area contributed by atoms with Crippen LogP contribution < -0.4 is 0 Å². The van der Waals surface area contributed by atoms with Gasteiger partial charge in [0.15, 0.2) is 0 Å². The maximum Gasteiger partial charge on any atom is 0.228 e. The number of rotatable bonds is 4. The molecule has 1 aliphatic heterocycles. The molecule has 0 aromatic rings. The van der Waals surface area contributed by atoms with Crippen molar-refractivity contribution < 1.29 is 4.79 Å². The van der Waals surface area contributed by atoms with Crippen LogP contribution in [0.1, 0.15) is 59.3 Å². The molecule has 0 bridgehead atoms. The van der Waals surface area contributed by atoms with E-state index < -0.39 is 0 Å². The molecular weight excluding hydrogens is 186 g/mol. The van der Waals surface area contributed by atoms with Gasteiger partial charge in [-0.05, 0) is 38.5 Å². The summed E-state index contributed by atoms with van der Waals surface area (Å²) in [7, 11) is 0. The molecule has 0 saturated carbocycles. The first-order valence-corrected chi connectivity index (χ1v) is 6.49. The van der Waals surface area contributed by atoms with Crippen LogP contribution in [0.5, 0.6) is 0 Å². The summed E-state index contributed by atoms with van der Waals surface area (Å²) in [6.07, 6.45) is 6.62. The van der Waals surface area contributed by atoms with Gasteiger partial charge >= 0.3 is 0 Å². The third-order valence-electron chi connectivity index (χ3n) is 4.13. The molecule has 2 heteroatoms. The van der Waals surface area contributed by atoms with Crippen molar-refractivity contribution in [3.05, 3.63) is 0 Å². The second kappa shape index (κ2) is 5.53. The monoisotopic (exact) mass is 211 g/mol. The summed E-state index contributed by atoms with van der Waals surface area (Å²) in [5.74, 6) is 0.412. The van der Waals surface area contributed by atoms with Crippen LogP contribution in [0.15, 0.2) is 0 Å². The van der Waals surface area contributed by atoms with Gasteiger partial charge in [0.1, 0.15) is 0 Å². The van der Waals surface area contributed by atoms with Crippen molar-refractivity contribution in [2.45, 2.75) is 59.3 Å². The van der Waals surface area contributed by atoms with Crippen molar-refractivity contribution in [2.75, 3.05) is 13.1 Å². The lowest BCUT2D eigenvalue weighted by Crippen LogP contribution is -2.45. The lowest BCUT2D eigenvalue weighted by atomic mass is 9.78. The van der Waals surface area contributed by atoms with Crippen LogP contribution in [0.3, 0.4) is 0 Å². The van der Waals surface area contributed by atoms with Crippen LogP contribution in [0.2, 0.25) is 0 Å². The lowest BCUT2D eigenvalue weighted by molar-refractivity contribution is -0.144. The zero-order valence-electron chi connectivity index (χ0n) is 10.5. The molecule has 0 atom stereocenters. The number of likely N-dealkylation sites (tertiary alicyclic amines) is 1. The highest BCUT2D eigenvalue weighted by atomic mass is 16.2. The molecular formula is C13H25NO. The summed E-state index contributed by atoms with van der Waals surface area (Å²) in [6, 6.07) is 0. The maximum absolute atomic E-state index is 12.4. The summed E-state index contributed by atoms with van der Waals surface area (Å²) < 4.78 is 0. The molecule has 15 heavy (non-hydrogen) atoms. The first kappa shape index (κ1) is 12.5. The van der Waals surface area contributed by atoms with Gasteiger partial charge in [0.25, 0.3) is 0 Å². The van der Waals surface area contributed by atoms with E-state index in [2.05, 4.69) is 25.7 Å². The van der Waals surface area contributed by atoms with Crippen LogP contribution in [-0.2, 0) is 4.79 Å². The molecule has 0 aromatic carbocycles. The van der Waals surface area contributed by atoms with Crippen LogP contribution in [0.25, 0.3) is 0 Å². The number of piperidine rings is 1. The van der Waals surface area contributed by atoms with E-state index >= 15 is 0 Å². The molecule has 1 rings (SSSR count). The quantitative estimate of drug-likeness (QED) is 0.699. The van der Waals surface area contributed by atoms with Crippen molar-refractivity contribution in [1.82, 2.24) is 4.90 Å². The Kier molecular flexibility index (Phi) is 4.62. The van der Waals surface area contributed by atoms with E-state index in [-0.39, 0.29) is 5.41 Å². The Hall–Kier alpha value is -0.530. The standard InChI is InChI=1S/C13H25NO/c1-4-13(5-2,6-3)12(15)14-10-8-7-9-11-14/h4-11H2,1-3H3. The Labute approximate surface area is 94.0 Å². The highest BCUT2D eigenvalue weighted by Gasteiger charge is 2.36. The van der Waals surface area contributed by atoms with Gasteiger partial charge in [-0.2, -0.15) is 0 Å². The number of hydrogen-bond donors (Lipinski definition) is 0. The first-order chi connectivity index (χ1) is 7.20. The van der Waals surface area contributed by atoms with Gasteiger partial charge in [0.05, 0.1) is 0 Å². The molecule has 1 heterocycles. The zero-order valence-corrected chi connectivity index (χ0v) is 10.5. The van der Waals surface area contributed by atoms with E-state index in [1.165, 1.54) is 19.3 Å². The summed E-state index contributed by atoms with van der Waals surface area (Å²) in [4.78, 5) is 14.5. The smallest absolute Gasteiger partial charge is 0.228 e. The molecule has 0 spiro atoms. The molecule has 0 radical (unpaired) electrons. The van der Waals surface area contributed by atoms with Crippen molar-refractivity contribution in [3.63, 3.8) is 0 Å². The van der Waals surface area contributed by atoms with Crippen LogP contribution in [0, 0.1) is 5.41 Å². The predicted molar refractivity (Wildman–Crippen MR) is 63.7 cm³/mol. The topological polar surface area (TPSA) is 20.3 Å². The second-order valence-corrected chi connectivity index (χ2v) is 4.69. The molecule has 1 fully saturated rings. The summed E-state index contributed by atoms with van der Waals surface area (Å²) >= 11 is 0. The normalized spacial score (nSPS) is 17.9. The van der Waals surface area contributed by atoms with Crippen LogP contribution >= 0.6 is 0 Å². The number of amides is 1. The Morgan fingerprint density at radius 2 is 1.47 bits per heavy atom. The molecule has 2 nitrogen and oxygen atoms in total. The molecule has 0 unspecified atom stereocenters. The fourth-order valence-corrected chi connectivity index (χ4v) is 2.64. The molecule has 1 saturated heterocycles. The number of hydrogen-bond acceptors (Lipinski definition) is 1. The van der Waals surface area contributed by atoms with Crippen LogP contribution in [-0.4, -0.2) is 23.9 Å². The molecule has 0 N–H and O–H groups in total. The highest BCUT2D eigenvalue weighted by Crippen LogP contribution is 2.33. The summed E-state index contributed by atoms with van der Waals surface area (Å²) in [6.45, 7) is 8.42. The fraction of sp³-hybridized carbons (Fsp3) is 0.923. The van der Waals surface area contributed by atoms with E-state index in [1.807, 2.05) is 0 Å². The lowest BCUT2D eigenvalue weighted by Gasteiger charge is -2.37. The summed E-state index contributed by atoms with van der Waals surface area (Å²) in [5.41, 5.74) is -0.0721. The van der Waals surface area contributed by atoms with E-state index in [1.54, 1.807) is 0 Å². The minimum Gasteiger partial charge on any atom is -0.342 e. The molecule has 0 aliphatic carbocycles. The van der Waals surface area contributed by atoms with Crippen molar-refractivity contribution >= 4 is 5.91 Å². The Balaban J connectivity index is 2.70. The second-order valence-electron chi connectivity index (χ2n) is 4.69. The van der Waals surface area contributed by atoms with E-state index in [0.29, 0.717) is 5.91 Å². The van der Waals surface area contributed by atoms with Crippen molar-refractivity contribution in [3.8, 4) is 0 Å². The van der Waals surface area contributed by atoms with Crippen molar-refractivity contribution in [2.24, 2.45) is 5.41 Å². The average molecular weight is 211 g/mol. The average Bonchev–Trinajstić information content (AvgIpc) is 2.33. The predicted octanol–water partition coefficient (Wildman–Crippen LogP) is 3.22. The van der Waals surface area contributed by atoms with Gasteiger partial charge in [0.2, 0.25) is 5.91 Å². The first-order valence-electron chi connectivity index (χ1n) is 6.49. The van der Waals surface area contributed by atoms with E-state index in [0.717, 1.165) is 32.4 Å². The molecule has 88 valence electrons. The van der Waals surface area contributed by atoms with E-state index in [4.69, 9.17) is 0 Å². The van der Waals surface area contributed by atoms with Gasteiger partial charge in [-0.1, -0.05) is 20.8 Å². The molecule has 1 aliphatic rings. The van der Waals surface area contributed by atoms with Crippen molar-refractivity contribution in [1.29, 1.82) is 0 Å².